The van der Waals surface area contributed by atoms with Crippen LogP contribution < -0.4 is 5.32 Å². The summed E-state index contributed by atoms with van der Waals surface area (Å²) in [7, 11) is 0. The molecule has 0 aliphatic rings. The third-order valence-electron chi connectivity index (χ3n) is 2.07. The highest BCUT2D eigenvalue weighted by atomic mass is 15.1. The number of hydrogen-bond donors (Lipinski definition) is 1. The van der Waals surface area contributed by atoms with Gasteiger partial charge in [0.25, 0.3) is 0 Å². The van der Waals surface area contributed by atoms with E-state index in [0.717, 1.165) is 11.4 Å². The highest BCUT2D eigenvalue weighted by molar-refractivity contribution is 5.54. The van der Waals surface area contributed by atoms with Gasteiger partial charge in [0.1, 0.15) is 0 Å². The predicted molar refractivity (Wildman–Crippen MR) is 61.2 cm³/mol. The van der Waals surface area contributed by atoms with Crippen molar-refractivity contribution in [2.45, 2.75) is 13.8 Å². The first-order chi connectivity index (χ1) is 7.24. The summed E-state index contributed by atoms with van der Waals surface area (Å²) in [5, 5.41) is 3.16. The maximum atomic E-state index is 4.28. The van der Waals surface area contributed by atoms with E-state index in [1.54, 1.807) is 6.20 Å². The van der Waals surface area contributed by atoms with Gasteiger partial charge in [-0.15, -0.1) is 0 Å². The van der Waals surface area contributed by atoms with Crippen LogP contribution >= 0.6 is 0 Å². The second-order valence-electron chi connectivity index (χ2n) is 3.52. The Labute approximate surface area is 89.2 Å². The van der Waals surface area contributed by atoms with E-state index in [1.165, 1.54) is 5.56 Å². The smallest absolute Gasteiger partial charge is 0.227 e. The van der Waals surface area contributed by atoms with Gasteiger partial charge < -0.3 is 5.32 Å². The molecule has 1 aromatic heterocycles. The molecule has 0 radical (unpaired) electrons. The van der Waals surface area contributed by atoms with E-state index < -0.39 is 0 Å². The molecule has 0 saturated heterocycles. The number of nitrogens with zero attached hydrogens (tertiary/aromatic N) is 2. The summed E-state index contributed by atoms with van der Waals surface area (Å²) in [6, 6.07) is 10.0. The lowest BCUT2D eigenvalue weighted by Crippen LogP contribution is -1.97. The number of nitrogens with one attached hydrogen (secondary N) is 1. The van der Waals surface area contributed by atoms with E-state index in [4.69, 9.17) is 0 Å². The van der Waals surface area contributed by atoms with Gasteiger partial charge >= 0.3 is 0 Å². The van der Waals surface area contributed by atoms with Crippen LogP contribution in [-0.4, -0.2) is 9.97 Å². The first-order valence-electron chi connectivity index (χ1n) is 4.87. The van der Waals surface area contributed by atoms with Gasteiger partial charge in [0.05, 0.1) is 0 Å². The lowest BCUT2D eigenvalue weighted by Gasteiger charge is -2.05. The number of benzene rings is 1. The zero-order valence-corrected chi connectivity index (χ0v) is 8.86. The molecule has 1 heterocycles. The van der Waals surface area contributed by atoms with Gasteiger partial charge in [0.2, 0.25) is 5.95 Å². The van der Waals surface area contributed by atoms with Crippen molar-refractivity contribution in [3.63, 3.8) is 0 Å². The molecular formula is C12H13N3. The van der Waals surface area contributed by atoms with Crippen LogP contribution in [0.5, 0.6) is 0 Å². The molecule has 3 heteroatoms. The minimum absolute atomic E-state index is 0.639. The first-order valence-corrected chi connectivity index (χ1v) is 4.87. The lowest BCUT2D eigenvalue weighted by molar-refractivity contribution is 1.10. The molecule has 0 saturated carbocycles. The van der Waals surface area contributed by atoms with Crippen molar-refractivity contribution in [3.8, 4) is 0 Å². The zero-order chi connectivity index (χ0) is 10.7. The average Bonchev–Trinajstić information content (AvgIpc) is 2.17. The Hall–Kier alpha value is -1.90. The summed E-state index contributed by atoms with van der Waals surface area (Å²) in [6.07, 6.45) is 1.75. The van der Waals surface area contributed by atoms with Crippen LogP contribution in [-0.2, 0) is 0 Å². The summed E-state index contributed by atoms with van der Waals surface area (Å²) < 4.78 is 0. The Balaban J connectivity index is 2.22. The molecule has 3 nitrogen and oxygen atoms in total. The highest BCUT2D eigenvalue weighted by Crippen LogP contribution is 2.13. The normalized spacial score (nSPS) is 10.0. The van der Waals surface area contributed by atoms with Gasteiger partial charge in [0.15, 0.2) is 0 Å². The van der Waals surface area contributed by atoms with Crippen LogP contribution in [0.1, 0.15) is 11.3 Å². The van der Waals surface area contributed by atoms with Gasteiger partial charge in [-0.3, -0.25) is 0 Å². The molecule has 2 rings (SSSR count). The largest absolute Gasteiger partial charge is 0.324 e. The zero-order valence-electron chi connectivity index (χ0n) is 8.86. The second-order valence-corrected chi connectivity index (χ2v) is 3.52. The summed E-state index contributed by atoms with van der Waals surface area (Å²) >= 11 is 0. The molecule has 2 aromatic rings. The maximum Gasteiger partial charge on any atom is 0.227 e. The predicted octanol–water partition coefficient (Wildman–Crippen LogP) is 2.84. The molecular weight excluding hydrogens is 186 g/mol. The molecule has 1 aromatic carbocycles. The summed E-state index contributed by atoms with van der Waals surface area (Å²) in [5.41, 5.74) is 3.19. The Morgan fingerprint density at radius 3 is 2.73 bits per heavy atom. The molecule has 0 aliphatic heterocycles. The number of aryl methyl sites for hydroxylation is 2. The molecule has 76 valence electrons. The van der Waals surface area contributed by atoms with E-state index in [1.807, 2.05) is 25.1 Å². The minimum Gasteiger partial charge on any atom is -0.324 e. The molecule has 0 aliphatic carbocycles. The number of hydrogen-bond acceptors (Lipinski definition) is 3. The van der Waals surface area contributed by atoms with E-state index in [-0.39, 0.29) is 0 Å². The SMILES string of the molecule is Cc1cccc(Nc2nccc(C)n2)c1. The fourth-order valence-corrected chi connectivity index (χ4v) is 1.36. The van der Waals surface area contributed by atoms with Crippen molar-refractivity contribution in [2.24, 2.45) is 0 Å². The van der Waals surface area contributed by atoms with Crippen LogP contribution in [0.25, 0.3) is 0 Å². The number of rotatable bonds is 2. The quantitative estimate of drug-likeness (QED) is 0.808. The topological polar surface area (TPSA) is 37.8 Å². The first kappa shape index (κ1) is 9.65. The molecule has 0 spiro atoms. The van der Waals surface area contributed by atoms with Crippen LogP contribution in [0.15, 0.2) is 36.5 Å². The van der Waals surface area contributed by atoms with E-state index in [2.05, 4.69) is 34.3 Å². The van der Waals surface area contributed by atoms with Crippen molar-refractivity contribution in [1.82, 2.24) is 9.97 Å². The Morgan fingerprint density at radius 1 is 1.13 bits per heavy atom. The molecule has 0 amide bonds. The Morgan fingerprint density at radius 2 is 2.00 bits per heavy atom. The van der Waals surface area contributed by atoms with Crippen molar-refractivity contribution < 1.29 is 0 Å². The third-order valence-corrected chi connectivity index (χ3v) is 2.07. The minimum atomic E-state index is 0.639. The van der Waals surface area contributed by atoms with Crippen LogP contribution in [0, 0.1) is 13.8 Å². The summed E-state index contributed by atoms with van der Waals surface area (Å²) in [4.78, 5) is 8.42. The van der Waals surface area contributed by atoms with Gasteiger partial charge in [-0.25, -0.2) is 9.97 Å². The van der Waals surface area contributed by atoms with Crippen molar-refractivity contribution in [1.29, 1.82) is 0 Å². The molecule has 0 atom stereocenters. The van der Waals surface area contributed by atoms with Crippen molar-refractivity contribution in [3.05, 3.63) is 47.8 Å². The van der Waals surface area contributed by atoms with Gasteiger partial charge in [-0.2, -0.15) is 0 Å². The molecule has 0 bridgehead atoms. The van der Waals surface area contributed by atoms with E-state index >= 15 is 0 Å². The van der Waals surface area contributed by atoms with E-state index in [0.29, 0.717) is 5.95 Å². The standard InChI is InChI=1S/C12H13N3/c1-9-4-3-5-11(8-9)15-12-13-7-6-10(2)14-12/h3-8H,1-2H3,(H,13,14,15). The lowest BCUT2D eigenvalue weighted by atomic mass is 10.2. The summed E-state index contributed by atoms with van der Waals surface area (Å²) in [6.45, 7) is 4.01. The van der Waals surface area contributed by atoms with Crippen molar-refractivity contribution in [2.75, 3.05) is 5.32 Å². The second kappa shape index (κ2) is 4.09. The van der Waals surface area contributed by atoms with E-state index in [9.17, 15) is 0 Å². The molecule has 15 heavy (non-hydrogen) atoms. The fourth-order valence-electron chi connectivity index (χ4n) is 1.36. The molecule has 0 fully saturated rings. The fraction of sp³-hybridized carbons (Fsp3) is 0.167. The molecule has 1 N–H and O–H groups in total. The van der Waals surface area contributed by atoms with Crippen molar-refractivity contribution >= 4 is 11.6 Å². The number of anilines is 2. The molecule has 0 unspecified atom stereocenters. The van der Waals surface area contributed by atoms with Gasteiger partial charge in [-0.05, 0) is 37.6 Å². The summed E-state index contributed by atoms with van der Waals surface area (Å²) in [5.74, 6) is 0.639. The van der Waals surface area contributed by atoms with Crippen LogP contribution in [0.3, 0.4) is 0 Å². The van der Waals surface area contributed by atoms with Gasteiger partial charge in [-0.1, -0.05) is 12.1 Å². The Kier molecular flexibility index (Phi) is 2.63. The average molecular weight is 199 g/mol. The maximum absolute atomic E-state index is 4.28. The highest BCUT2D eigenvalue weighted by Gasteiger charge is 1.97. The number of aromatic nitrogens is 2. The Bertz CT molecular complexity index is 422. The third kappa shape index (κ3) is 2.53. The van der Waals surface area contributed by atoms with Crippen LogP contribution in [0.4, 0.5) is 11.6 Å². The monoisotopic (exact) mass is 199 g/mol. The van der Waals surface area contributed by atoms with Crippen LogP contribution in [0.2, 0.25) is 0 Å². The van der Waals surface area contributed by atoms with Gasteiger partial charge in [0, 0.05) is 17.6 Å².